The van der Waals surface area contributed by atoms with Gasteiger partial charge >= 0.3 is 5.97 Å². The van der Waals surface area contributed by atoms with E-state index in [1.54, 1.807) is 0 Å². The minimum absolute atomic E-state index is 0.275. The zero-order chi connectivity index (χ0) is 15.0. The number of carboxylic acids is 1. The molecule has 1 saturated heterocycles. The van der Waals surface area contributed by atoms with Crippen molar-refractivity contribution in [3.63, 3.8) is 0 Å². The van der Waals surface area contributed by atoms with Gasteiger partial charge in [0, 0.05) is 26.1 Å². The lowest BCUT2D eigenvalue weighted by Gasteiger charge is -2.35. The number of carboxylic acid groups (broad SMARTS) is 1. The number of nitrogens with zero attached hydrogens (tertiary/aromatic N) is 1. The third-order valence-corrected chi connectivity index (χ3v) is 4.23. The van der Waals surface area contributed by atoms with Crippen molar-refractivity contribution in [2.24, 2.45) is 17.8 Å². The molecule has 0 bridgehead atoms. The summed E-state index contributed by atoms with van der Waals surface area (Å²) in [5.41, 5.74) is 0. The minimum Gasteiger partial charge on any atom is -0.481 e. The Bertz CT molecular complexity index is 281. The van der Waals surface area contributed by atoms with Gasteiger partial charge in [0.05, 0.1) is 6.61 Å². The molecule has 1 aliphatic heterocycles. The molecule has 2 atom stereocenters. The zero-order valence-electron chi connectivity index (χ0n) is 13.3. The van der Waals surface area contributed by atoms with Gasteiger partial charge in [-0.15, -0.1) is 0 Å². The molecular weight excluding hydrogens is 254 g/mol. The monoisotopic (exact) mass is 285 g/mol. The molecule has 0 saturated carbocycles. The first kappa shape index (κ1) is 17.4. The molecule has 0 aliphatic carbocycles. The van der Waals surface area contributed by atoms with Crippen LogP contribution in [-0.4, -0.2) is 48.8 Å². The van der Waals surface area contributed by atoms with E-state index >= 15 is 0 Å². The van der Waals surface area contributed by atoms with E-state index in [9.17, 15) is 4.79 Å². The van der Waals surface area contributed by atoms with Crippen molar-refractivity contribution in [3.05, 3.63) is 0 Å². The van der Waals surface area contributed by atoms with Crippen LogP contribution in [0.5, 0.6) is 0 Å². The van der Waals surface area contributed by atoms with E-state index in [1.807, 2.05) is 0 Å². The number of hydrogen-bond acceptors (Lipinski definition) is 3. The number of likely N-dealkylation sites (tertiary alicyclic amines) is 1. The maximum atomic E-state index is 10.8. The molecule has 1 N–H and O–H groups in total. The molecule has 0 aromatic heterocycles. The Balaban J connectivity index is 2.18. The van der Waals surface area contributed by atoms with E-state index in [0.717, 1.165) is 39.3 Å². The highest BCUT2D eigenvalue weighted by Gasteiger charge is 2.25. The second-order valence-electron chi connectivity index (χ2n) is 6.57. The van der Waals surface area contributed by atoms with E-state index < -0.39 is 5.97 Å². The molecular formula is C16H31NO3. The number of aliphatic carboxylic acids is 1. The van der Waals surface area contributed by atoms with Crippen molar-refractivity contribution in [1.29, 1.82) is 0 Å². The molecule has 1 heterocycles. The van der Waals surface area contributed by atoms with Crippen molar-refractivity contribution in [3.8, 4) is 0 Å². The van der Waals surface area contributed by atoms with E-state index in [1.165, 1.54) is 12.8 Å². The van der Waals surface area contributed by atoms with Crippen molar-refractivity contribution < 1.29 is 14.6 Å². The van der Waals surface area contributed by atoms with Crippen LogP contribution in [-0.2, 0) is 9.53 Å². The van der Waals surface area contributed by atoms with Gasteiger partial charge in [0.15, 0.2) is 0 Å². The molecule has 4 heteroatoms. The third kappa shape index (κ3) is 7.25. The standard InChI is InChI=1S/C16H31NO3/c1-13(2)6-9-20-10-8-17-7-4-5-15(12-17)14(3)11-16(18)19/h13-15H,4-12H2,1-3H3,(H,18,19). The third-order valence-electron chi connectivity index (χ3n) is 4.23. The van der Waals surface area contributed by atoms with Gasteiger partial charge in [0.2, 0.25) is 0 Å². The van der Waals surface area contributed by atoms with Crippen LogP contribution in [0.15, 0.2) is 0 Å². The SMILES string of the molecule is CC(C)CCOCCN1CCCC(C(C)CC(=O)O)C1. The van der Waals surface area contributed by atoms with Crippen molar-refractivity contribution in [2.75, 3.05) is 32.8 Å². The molecule has 0 spiro atoms. The Morgan fingerprint density at radius 2 is 2.10 bits per heavy atom. The molecule has 1 rings (SSSR count). The van der Waals surface area contributed by atoms with E-state index in [0.29, 0.717) is 18.3 Å². The topological polar surface area (TPSA) is 49.8 Å². The van der Waals surface area contributed by atoms with Crippen LogP contribution >= 0.6 is 0 Å². The largest absolute Gasteiger partial charge is 0.481 e. The molecule has 1 aliphatic rings. The second-order valence-corrected chi connectivity index (χ2v) is 6.57. The van der Waals surface area contributed by atoms with Gasteiger partial charge in [-0.1, -0.05) is 20.8 Å². The Labute approximate surface area is 123 Å². The Kier molecular flexibility index (Phi) is 8.15. The first-order valence-electron chi connectivity index (χ1n) is 8.01. The Morgan fingerprint density at radius 3 is 2.75 bits per heavy atom. The fourth-order valence-corrected chi connectivity index (χ4v) is 2.82. The smallest absolute Gasteiger partial charge is 0.303 e. The van der Waals surface area contributed by atoms with Gasteiger partial charge in [-0.3, -0.25) is 4.79 Å². The highest BCUT2D eigenvalue weighted by atomic mass is 16.5. The normalized spacial score (nSPS) is 22.1. The summed E-state index contributed by atoms with van der Waals surface area (Å²) in [7, 11) is 0. The summed E-state index contributed by atoms with van der Waals surface area (Å²) in [5.74, 6) is 0.825. The molecule has 118 valence electrons. The first-order chi connectivity index (χ1) is 9.49. The van der Waals surface area contributed by atoms with Crippen LogP contribution in [0.2, 0.25) is 0 Å². The Morgan fingerprint density at radius 1 is 1.35 bits per heavy atom. The average molecular weight is 285 g/mol. The van der Waals surface area contributed by atoms with E-state index in [4.69, 9.17) is 9.84 Å². The average Bonchev–Trinajstić information content (AvgIpc) is 2.37. The maximum Gasteiger partial charge on any atom is 0.303 e. The number of rotatable bonds is 9. The van der Waals surface area contributed by atoms with Crippen molar-refractivity contribution in [1.82, 2.24) is 4.90 Å². The fourth-order valence-electron chi connectivity index (χ4n) is 2.82. The highest BCUT2D eigenvalue weighted by molar-refractivity contribution is 5.66. The number of ether oxygens (including phenoxy) is 1. The minimum atomic E-state index is -0.674. The van der Waals surface area contributed by atoms with Crippen LogP contribution in [0.3, 0.4) is 0 Å². The number of piperidine rings is 1. The van der Waals surface area contributed by atoms with Crippen LogP contribution in [0.4, 0.5) is 0 Å². The first-order valence-corrected chi connectivity index (χ1v) is 8.01. The maximum absolute atomic E-state index is 10.8. The van der Waals surface area contributed by atoms with Crippen LogP contribution < -0.4 is 0 Å². The fraction of sp³-hybridized carbons (Fsp3) is 0.938. The molecule has 20 heavy (non-hydrogen) atoms. The molecule has 0 radical (unpaired) electrons. The quantitative estimate of drug-likeness (QED) is 0.662. The van der Waals surface area contributed by atoms with E-state index in [2.05, 4.69) is 25.7 Å². The summed E-state index contributed by atoms with van der Waals surface area (Å²) in [4.78, 5) is 13.2. The van der Waals surface area contributed by atoms with Gasteiger partial charge in [-0.25, -0.2) is 0 Å². The van der Waals surface area contributed by atoms with Crippen LogP contribution in [0.1, 0.15) is 46.5 Å². The van der Waals surface area contributed by atoms with Crippen LogP contribution in [0, 0.1) is 17.8 Å². The van der Waals surface area contributed by atoms with Crippen LogP contribution in [0.25, 0.3) is 0 Å². The number of hydrogen-bond donors (Lipinski definition) is 1. The molecule has 0 aromatic carbocycles. The number of carbonyl (C=O) groups is 1. The lowest BCUT2D eigenvalue weighted by Crippen LogP contribution is -2.40. The van der Waals surface area contributed by atoms with Crippen molar-refractivity contribution >= 4 is 5.97 Å². The summed E-state index contributed by atoms with van der Waals surface area (Å²) in [6, 6.07) is 0. The molecule has 2 unspecified atom stereocenters. The lowest BCUT2D eigenvalue weighted by molar-refractivity contribution is -0.138. The predicted octanol–water partition coefficient (Wildman–Crippen LogP) is 2.87. The predicted molar refractivity (Wildman–Crippen MR) is 80.9 cm³/mol. The summed E-state index contributed by atoms with van der Waals surface area (Å²) in [5, 5.41) is 8.89. The molecule has 0 aromatic rings. The molecule has 0 amide bonds. The van der Waals surface area contributed by atoms with Gasteiger partial charge < -0.3 is 14.7 Å². The summed E-state index contributed by atoms with van der Waals surface area (Å²) < 4.78 is 5.67. The van der Waals surface area contributed by atoms with Gasteiger partial charge in [-0.05, 0) is 43.6 Å². The zero-order valence-corrected chi connectivity index (χ0v) is 13.3. The summed E-state index contributed by atoms with van der Waals surface area (Å²) >= 11 is 0. The highest BCUT2D eigenvalue weighted by Crippen LogP contribution is 2.25. The lowest BCUT2D eigenvalue weighted by atomic mass is 9.85. The summed E-state index contributed by atoms with van der Waals surface area (Å²) in [6.45, 7) is 11.3. The molecule has 4 nitrogen and oxygen atoms in total. The van der Waals surface area contributed by atoms with Gasteiger partial charge in [-0.2, -0.15) is 0 Å². The van der Waals surface area contributed by atoms with Gasteiger partial charge in [0.1, 0.15) is 0 Å². The Hall–Kier alpha value is -0.610. The summed E-state index contributed by atoms with van der Waals surface area (Å²) in [6.07, 6.45) is 3.77. The van der Waals surface area contributed by atoms with Crippen molar-refractivity contribution in [2.45, 2.75) is 46.5 Å². The second kappa shape index (κ2) is 9.35. The van der Waals surface area contributed by atoms with E-state index in [-0.39, 0.29) is 5.92 Å². The molecule has 1 fully saturated rings. The van der Waals surface area contributed by atoms with Gasteiger partial charge in [0.25, 0.3) is 0 Å².